The van der Waals surface area contributed by atoms with Gasteiger partial charge in [-0.2, -0.15) is 0 Å². The zero-order valence-electron chi connectivity index (χ0n) is 17.1. The molecule has 31 heavy (non-hydrogen) atoms. The molecule has 8 heteroatoms. The van der Waals surface area contributed by atoms with Gasteiger partial charge in [0.25, 0.3) is 5.91 Å². The average molecular weight is 436 g/mol. The molecule has 0 fully saturated rings. The lowest BCUT2D eigenvalue weighted by atomic mass is 10.2. The Bertz CT molecular complexity index is 1180. The monoisotopic (exact) mass is 435 g/mol. The molecule has 0 radical (unpaired) electrons. The number of ether oxygens (including phenoxy) is 3. The highest BCUT2D eigenvalue weighted by atomic mass is 32.1. The number of fused-ring (bicyclic) bond motifs is 1. The molecule has 0 unspecified atom stereocenters. The largest absolute Gasteiger partial charge is 0.494 e. The molecule has 2 aromatic carbocycles. The minimum Gasteiger partial charge on any atom is -0.494 e. The lowest BCUT2D eigenvalue weighted by molar-refractivity contribution is -0.120. The molecule has 2 heterocycles. The molecule has 0 saturated carbocycles. The van der Waals surface area contributed by atoms with Crippen LogP contribution in [0.1, 0.15) is 5.56 Å². The molecule has 7 nitrogen and oxygen atoms in total. The molecule has 158 valence electrons. The summed E-state index contributed by atoms with van der Waals surface area (Å²) in [7, 11) is 3.17. The van der Waals surface area contributed by atoms with Crippen molar-refractivity contribution in [1.82, 2.24) is 9.97 Å². The van der Waals surface area contributed by atoms with Crippen molar-refractivity contribution in [1.29, 1.82) is 0 Å². The number of nitrogens with zero attached hydrogens (tertiary/aromatic N) is 3. The number of rotatable bonds is 8. The first-order valence-electron chi connectivity index (χ1n) is 9.58. The number of carbonyl (C=O) groups excluding carboxylic acids is 1. The highest BCUT2D eigenvalue weighted by Gasteiger charge is 2.22. The molecular weight excluding hydrogens is 414 g/mol. The molecule has 0 atom stereocenters. The molecule has 0 saturated heterocycles. The van der Waals surface area contributed by atoms with Crippen molar-refractivity contribution in [2.45, 2.75) is 6.54 Å². The quantitative estimate of drug-likeness (QED) is 0.410. The van der Waals surface area contributed by atoms with E-state index in [-0.39, 0.29) is 12.5 Å². The maximum absolute atomic E-state index is 13.2. The Labute approximate surface area is 183 Å². The number of para-hydroxylation sites is 3. The number of anilines is 1. The number of thiazole rings is 1. The molecule has 0 bridgehead atoms. The maximum atomic E-state index is 13.2. The summed E-state index contributed by atoms with van der Waals surface area (Å²) in [5, 5.41) is 0.567. The molecule has 4 aromatic rings. The number of amides is 1. The second kappa shape index (κ2) is 9.44. The normalized spacial score (nSPS) is 10.6. The Morgan fingerprint density at radius 1 is 0.968 bits per heavy atom. The smallest absolute Gasteiger partial charge is 0.267 e. The summed E-state index contributed by atoms with van der Waals surface area (Å²) in [5.74, 6) is 1.51. The number of pyridine rings is 1. The Kier molecular flexibility index (Phi) is 6.28. The van der Waals surface area contributed by atoms with Crippen LogP contribution < -0.4 is 19.1 Å². The highest BCUT2D eigenvalue weighted by molar-refractivity contribution is 7.22. The second-order valence-corrected chi connectivity index (χ2v) is 7.59. The summed E-state index contributed by atoms with van der Waals surface area (Å²) in [6.07, 6.45) is 3.43. The van der Waals surface area contributed by atoms with Gasteiger partial charge in [-0.1, -0.05) is 35.6 Å². The van der Waals surface area contributed by atoms with E-state index >= 15 is 0 Å². The zero-order chi connectivity index (χ0) is 21.6. The van der Waals surface area contributed by atoms with Crippen molar-refractivity contribution < 1.29 is 19.0 Å². The summed E-state index contributed by atoms with van der Waals surface area (Å²) in [4.78, 5) is 23.7. The third-order valence-electron chi connectivity index (χ3n) is 4.61. The van der Waals surface area contributed by atoms with Crippen LogP contribution in [0.15, 0.2) is 67.0 Å². The van der Waals surface area contributed by atoms with E-state index in [1.807, 2.05) is 42.5 Å². The van der Waals surface area contributed by atoms with Crippen LogP contribution >= 0.6 is 11.3 Å². The lowest BCUT2D eigenvalue weighted by Crippen LogP contribution is -2.34. The zero-order valence-corrected chi connectivity index (χ0v) is 18.0. The van der Waals surface area contributed by atoms with Crippen molar-refractivity contribution in [3.05, 3.63) is 72.6 Å². The van der Waals surface area contributed by atoms with Crippen LogP contribution in [-0.4, -0.2) is 36.7 Å². The van der Waals surface area contributed by atoms with Crippen LogP contribution in [0.2, 0.25) is 0 Å². The first kappa shape index (κ1) is 20.6. The Morgan fingerprint density at radius 2 is 1.74 bits per heavy atom. The molecular formula is C23H21N3O4S. The number of hydrogen-bond acceptors (Lipinski definition) is 7. The molecule has 0 aliphatic rings. The van der Waals surface area contributed by atoms with Crippen LogP contribution in [0.25, 0.3) is 10.2 Å². The fraction of sp³-hybridized carbons (Fsp3) is 0.174. The van der Waals surface area contributed by atoms with E-state index in [0.29, 0.717) is 28.9 Å². The van der Waals surface area contributed by atoms with Gasteiger partial charge in [-0.25, -0.2) is 4.98 Å². The van der Waals surface area contributed by atoms with Gasteiger partial charge < -0.3 is 14.2 Å². The van der Waals surface area contributed by atoms with E-state index in [1.54, 1.807) is 43.6 Å². The van der Waals surface area contributed by atoms with Crippen LogP contribution in [0, 0.1) is 0 Å². The fourth-order valence-corrected chi connectivity index (χ4v) is 4.08. The Hall–Kier alpha value is -3.65. The molecule has 0 aliphatic carbocycles. The summed E-state index contributed by atoms with van der Waals surface area (Å²) in [6, 6.07) is 16.7. The first-order chi connectivity index (χ1) is 15.2. The van der Waals surface area contributed by atoms with Crippen molar-refractivity contribution in [3.63, 3.8) is 0 Å². The van der Waals surface area contributed by atoms with Gasteiger partial charge in [-0.15, -0.1) is 0 Å². The summed E-state index contributed by atoms with van der Waals surface area (Å²) in [5.41, 5.74) is 1.61. The number of carbonyl (C=O) groups is 1. The molecule has 0 N–H and O–H groups in total. The maximum Gasteiger partial charge on any atom is 0.267 e. The van der Waals surface area contributed by atoms with Gasteiger partial charge in [0.1, 0.15) is 11.3 Å². The predicted molar refractivity (Wildman–Crippen MR) is 120 cm³/mol. The third-order valence-corrected chi connectivity index (χ3v) is 5.65. The molecule has 0 aliphatic heterocycles. The molecule has 2 aromatic heterocycles. The van der Waals surface area contributed by atoms with Gasteiger partial charge in [0.2, 0.25) is 0 Å². The van der Waals surface area contributed by atoms with Gasteiger partial charge in [-0.05, 0) is 35.9 Å². The molecule has 4 rings (SSSR count). The second-order valence-electron chi connectivity index (χ2n) is 6.58. The first-order valence-corrected chi connectivity index (χ1v) is 10.4. The Balaban J connectivity index is 1.63. The van der Waals surface area contributed by atoms with Crippen LogP contribution in [0.4, 0.5) is 5.13 Å². The van der Waals surface area contributed by atoms with Crippen molar-refractivity contribution in [2.75, 3.05) is 25.7 Å². The van der Waals surface area contributed by atoms with Gasteiger partial charge in [0.15, 0.2) is 23.2 Å². The van der Waals surface area contributed by atoms with Gasteiger partial charge in [0.05, 0.1) is 25.5 Å². The standard InChI is InChI=1S/C23H21N3O4S/c1-28-17-8-3-4-9-18(17)30-15-21(27)26(14-16-7-6-12-24-13-16)23-25-22-19(29-2)10-5-11-20(22)31-23/h3-13H,14-15H2,1-2H3. The van der Waals surface area contributed by atoms with Gasteiger partial charge in [-0.3, -0.25) is 14.7 Å². The van der Waals surface area contributed by atoms with E-state index in [0.717, 1.165) is 15.8 Å². The van der Waals surface area contributed by atoms with Crippen LogP contribution in [0.5, 0.6) is 17.2 Å². The molecule has 1 amide bonds. The van der Waals surface area contributed by atoms with E-state index < -0.39 is 0 Å². The summed E-state index contributed by atoms with van der Waals surface area (Å²) in [6.45, 7) is 0.164. The average Bonchev–Trinajstić information content (AvgIpc) is 3.26. The van der Waals surface area contributed by atoms with Gasteiger partial charge >= 0.3 is 0 Å². The van der Waals surface area contributed by atoms with Crippen molar-refractivity contribution in [2.24, 2.45) is 0 Å². The third kappa shape index (κ3) is 4.59. The van der Waals surface area contributed by atoms with Crippen molar-refractivity contribution >= 4 is 32.6 Å². The number of methoxy groups -OCH3 is 2. The number of benzene rings is 2. The lowest BCUT2D eigenvalue weighted by Gasteiger charge is -2.20. The van der Waals surface area contributed by atoms with E-state index in [1.165, 1.54) is 11.3 Å². The minimum atomic E-state index is -0.229. The van der Waals surface area contributed by atoms with Gasteiger partial charge in [0, 0.05) is 12.4 Å². The summed E-state index contributed by atoms with van der Waals surface area (Å²) >= 11 is 1.43. The van der Waals surface area contributed by atoms with Crippen LogP contribution in [-0.2, 0) is 11.3 Å². The topological polar surface area (TPSA) is 73.8 Å². The van der Waals surface area contributed by atoms with E-state index in [9.17, 15) is 4.79 Å². The van der Waals surface area contributed by atoms with Crippen LogP contribution in [0.3, 0.4) is 0 Å². The SMILES string of the molecule is COc1ccccc1OCC(=O)N(Cc1cccnc1)c1nc2c(OC)cccc2s1. The predicted octanol–water partition coefficient (Wildman–Crippen LogP) is 4.32. The van der Waals surface area contributed by atoms with E-state index in [2.05, 4.69) is 9.97 Å². The summed E-state index contributed by atoms with van der Waals surface area (Å²) < 4.78 is 17.4. The number of aromatic nitrogens is 2. The minimum absolute atomic E-state index is 0.159. The number of hydrogen-bond donors (Lipinski definition) is 0. The Morgan fingerprint density at radius 3 is 2.48 bits per heavy atom. The van der Waals surface area contributed by atoms with E-state index in [4.69, 9.17) is 14.2 Å². The molecule has 0 spiro atoms. The van der Waals surface area contributed by atoms with Crippen molar-refractivity contribution in [3.8, 4) is 17.2 Å². The highest BCUT2D eigenvalue weighted by Crippen LogP contribution is 2.35. The fourth-order valence-electron chi connectivity index (χ4n) is 3.08.